The molecule has 0 aliphatic heterocycles. The van der Waals surface area contributed by atoms with E-state index in [4.69, 9.17) is 10.2 Å². The lowest BCUT2D eigenvalue weighted by atomic mass is 10.1. The molecule has 1 aromatic carbocycles. The summed E-state index contributed by atoms with van der Waals surface area (Å²) in [6.45, 7) is 2.81. The quantitative estimate of drug-likeness (QED) is 0.805. The van der Waals surface area contributed by atoms with Crippen LogP contribution in [0.2, 0.25) is 0 Å². The van der Waals surface area contributed by atoms with E-state index in [9.17, 15) is 0 Å². The van der Waals surface area contributed by atoms with E-state index in [0.717, 1.165) is 18.4 Å². The summed E-state index contributed by atoms with van der Waals surface area (Å²) < 4.78 is 5.57. The number of fused-ring (bicyclic) bond motifs is 1. The Morgan fingerprint density at radius 1 is 1.29 bits per heavy atom. The Morgan fingerprint density at radius 2 is 2.14 bits per heavy atom. The van der Waals surface area contributed by atoms with Crippen molar-refractivity contribution in [3.8, 4) is 0 Å². The molecule has 1 aromatic heterocycles. The average molecular weight is 189 g/mol. The third kappa shape index (κ3) is 1.42. The van der Waals surface area contributed by atoms with Crippen molar-refractivity contribution in [3.63, 3.8) is 0 Å². The van der Waals surface area contributed by atoms with E-state index in [1.165, 1.54) is 16.5 Å². The van der Waals surface area contributed by atoms with Gasteiger partial charge in [0.05, 0.1) is 6.26 Å². The van der Waals surface area contributed by atoms with Crippen molar-refractivity contribution in [3.05, 3.63) is 35.6 Å². The number of rotatable bonds is 3. The van der Waals surface area contributed by atoms with Gasteiger partial charge in [-0.15, -0.1) is 0 Å². The van der Waals surface area contributed by atoms with Gasteiger partial charge in [-0.05, 0) is 30.5 Å². The molecular formula is C12H15NO. The maximum Gasteiger partial charge on any atom is 0.137 e. The first-order valence-electron chi connectivity index (χ1n) is 5.04. The molecule has 0 spiro atoms. The lowest BCUT2D eigenvalue weighted by Gasteiger charge is -1.98. The summed E-state index contributed by atoms with van der Waals surface area (Å²) in [4.78, 5) is 0. The van der Waals surface area contributed by atoms with Crippen LogP contribution >= 0.6 is 0 Å². The summed E-state index contributed by atoms with van der Waals surface area (Å²) in [7, 11) is 0. The number of benzene rings is 1. The highest BCUT2D eigenvalue weighted by Crippen LogP contribution is 2.24. The first kappa shape index (κ1) is 9.28. The molecule has 0 amide bonds. The molecule has 0 aliphatic carbocycles. The van der Waals surface area contributed by atoms with E-state index in [1.54, 1.807) is 0 Å². The van der Waals surface area contributed by atoms with Gasteiger partial charge in [-0.1, -0.05) is 25.1 Å². The zero-order valence-electron chi connectivity index (χ0n) is 8.42. The van der Waals surface area contributed by atoms with E-state index < -0.39 is 0 Å². The van der Waals surface area contributed by atoms with Crippen LogP contribution in [0.25, 0.3) is 11.0 Å². The van der Waals surface area contributed by atoms with Crippen LogP contribution < -0.4 is 5.73 Å². The standard InChI is InChI=1S/C12H15NO/c1-2-9-4-3-5-11-10(6-7-13)8-14-12(9)11/h3-5,8H,2,6-7,13H2,1H3. The molecule has 2 rings (SSSR count). The van der Waals surface area contributed by atoms with Gasteiger partial charge in [0.15, 0.2) is 0 Å². The minimum atomic E-state index is 0.672. The second kappa shape index (κ2) is 3.84. The van der Waals surface area contributed by atoms with Gasteiger partial charge in [-0.3, -0.25) is 0 Å². The molecule has 0 fully saturated rings. The second-order valence-electron chi connectivity index (χ2n) is 3.45. The van der Waals surface area contributed by atoms with Gasteiger partial charge in [0, 0.05) is 5.39 Å². The third-order valence-electron chi connectivity index (χ3n) is 2.56. The Morgan fingerprint density at radius 3 is 2.86 bits per heavy atom. The average Bonchev–Trinajstić information content (AvgIpc) is 2.62. The monoisotopic (exact) mass is 189 g/mol. The molecule has 0 radical (unpaired) electrons. The number of aryl methyl sites for hydroxylation is 1. The summed E-state index contributed by atoms with van der Waals surface area (Å²) in [5, 5.41) is 1.22. The summed E-state index contributed by atoms with van der Waals surface area (Å²) in [6, 6.07) is 6.29. The predicted octanol–water partition coefficient (Wildman–Crippen LogP) is 2.50. The molecule has 2 heteroatoms. The van der Waals surface area contributed by atoms with Crippen LogP contribution in [0.1, 0.15) is 18.1 Å². The van der Waals surface area contributed by atoms with Gasteiger partial charge in [0.25, 0.3) is 0 Å². The van der Waals surface area contributed by atoms with E-state index in [-0.39, 0.29) is 0 Å². The highest BCUT2D eigenvalue weighted by Gasteiger charge is 2.07. The smallest absolute Gasteiger partial charge is 0.137 e. The molecule has 2 N–H and O–H groups in total. The van der Waals surface area contributed by atoms with Crippen LogP contribution in [0.5, 0.6) is 0 Å². The molecule has 0 aliphatic rings. The summed E-state index contributed by atoms with van der Waals surface area (Å²) >= 11 is 0. The van der Waals surface area contributed by atoms with Gasteiger partial charge < -0.3 is 10.2 Å². The SMILES string of the molecule is CCc1cccc2c(CCN)coc12. The minimum Gasteiger partial charge on any atom is -0.464 e. The Balaban J connectivity index is 2.57. The van der Waals surface area contributed by atoms with Gasteiger partial charge in [-0.25, -0.2) is 0 Å². The largest absolute Gasteiger partial charge is 0.464 e. The van der Waals surface area contributed by atoms with Gasteiger partial charge in [-0.2, -0.15) is 0 Å². The van der Waals surface area contributed by atoms with Crippen LogP contribution in [-0.2, 0) is 12.8 Å². The maximum atomic E-state index is 5.57. The Bertz CT molecular complexity index is 431. The molecule has 2 aromatic rings. The molecule has 0 saturated heterocycles. The van der Waals surface area contributed by atoms with Crippen molar-refractivity contribution >= 4 is 11.0 Å². The zero-order chi connectivity index (χ0) is 9.97. The zero-order valence-corrected chi connectivity index (χ0v) is 8.42. The molecule has 0 atom stereocenters. The Kier molecular flexibility index (Phi) is 2.55. The number of furan rings is 1. The highest BCUT2D eigenvalue weighted by atomic mass is 16.3. The van der Waals surface area contributed by atoms with E-state index >= 15 is 0 Å². The third-order valence-corrected chi connectivity index (χ3v) is 2.56. The lowest BCUT2D eigenvalue weighted by molar-refractivity contribution is 0.606. The maximum absolute atomic E-state index is 5.57. The second-order valence-corrected chi connectivity index (χ2v) is 3.45. The minimum absolute atomic E-state index is 0.672. The van der Waals surface area contributed by atoms with Crippen molar-refractivity contribution in [2.75, 3.05) is 6.54 Å². The molecule has 0 bridgehead atoms. The van der Waals surface area contributed by atoms with Crippen LogP contribution in [0.3, 0.4) is 0 Å². The fraction of sp³-hybridized carbons (Fsp3) is 0.333. The normalized spacial score (nSPS) is 11.0. The number of nitrogens with two attached hydrogens (primary N) is 1. The van der Waals surface area contributed by atoms with Gasteiger partial charge in [0.2, 0.25) is 0 Å². The molecule has 14 heavy (non-hydrogen) atoms. The van der Waals surface area contributed by atoms with Crippen LogP contribution in [0, 0.1) is 0 Å². The molecule has 0 saturated carbocycles. The Labute approximate surface area is 83.7 Å². The van der Waals surface area contributed by atoms with Crippen LogP contribution in [0.15, 0.2) is 28.9 Å². The summed E-state index contributed by atoms with van der Waals surface area (Å²) in [6.07, 6.45) is 3.73. The van der Waals surface area contributed by atoms with Crippen molar-refractivity contribution in [2.45, 2.75) is 19.8 Å². The summed E-state index contributed by atoms with van der Waals surface area (Å²) in [5.41, 5.74) is 9.06. The molecule has 74 valence electrons. The van der Waals surface area contributed by atoms with Crippen molar-refractivity contribution < 1.29 is 4.42 Å². The fourth-order valence-corrected chi connectivity index (χ4v) is 1.80. The molecule has 2 nitrogen and oxygen atoms in total. The number of para-hydroxylation sites is 1. The van der Waals surface area contributed by atoms with E-state index in [1.807, 2.05) is 6.26 Å². The van der Waals surface area contributed by atoms with Crippen molar-refractivity contribution in [2.24, 2.45) is 5.73 Å². The Hall–Kier alpha value is -1.28. The molecular weight excluding hydrogens is 174 g/mol. The predicted molar refractivity (Wildman–Crippen MR) is 58.4 cm³/mol. The fourth-order valence-electron chi connectivity index (χ4n) is 1.80. The topological polar surface area (TPSA) is 39.2 Å². The first-order valence-corrected chi connectivity index (χ1v) is 5.04. The van der Waals surface area contributed by atoms with Crippen LogP contribution in [-0.4, -0.2) is 6.54 Å². The number of hydrogen-bond donors (Lipinski definition) is 1. The van der Waals surface area contributed by atoms with Crippen molar-refractivity contribution in [1.82, 2.24) is 0 Å². The van der Waals surface area contributed by atoms with E-state index in [0.29, 0.717) is 6.54 Å². The highest BCUT2D eigenvalue weighted by molar-refractivity contribution is 5.83. The first-order chi connectivity index (χ1) is 6.86. The molecule has 0 unspecified atom stereocenters. The van der Waals surface area contributed by atoms with Crippen molar-refractivity contribution in [1.29, 1.82) is 0 Å². The van der Waals surface area contributed by atoms with Crippen LogP contribution in [0.4, 0.5) is 0 Å². The van der Waals surface area contributed by atoms with E-state index in [2.05, 4.69) is 25.1 Å². The number of hydrogen-bond acceptors (Lipinski definition) is 2. The van der Waals surface area contributed by atoms with Gasteiger partial charge >= 0.3 is 0 Å². The van der Waals surface area contributed by atoms with Gasteiger partial charge in [0.1, 0.15) is 5.58 Å². The lowest BCUT2D eigenvalue weighted by Crippen LogP contribution is -2.01. The summed E-state index contributed by atoms with van der Waals surface area (Å²) in [5.74, 6) is 0. The molecule has 1 heterocycles.